The Morgan fingerprint density at radius 3 is 2.43 bits per heavy atom. The van der Waals surface area contributed by atoms with Crippen LogP contribution >= 0.6 is 11.6 Å². The zero-order valence-electron chi connectivity index (χ0n) is 13.5. The highest BCUT2D eigenvalue weighted by Crippen LogP contribution is 2.47. The summed E-state index contributed by atoms with van der Waals surface area (Å²) in [6.45, 7) is 2.09. The molecule has 0 amide bonds. The minimum Gasteiger partial charge on any atom is -0.550 e. The van der Waals surface area contributed by atoms with Gasteiger partial charge in [-0.2, -0.15) is 0 Å². The fraction of sp³-hybridized carbons (Fsp3) is 0.611. The molecule has 5 heteroatoms. The average Bonchev–Trinajstić information content (AvgIpc) is 3.02. The van der Waals surface area contributed by atoms with Gasteiger partial charge in [0, 0.05) is 17.5 Å². The Morgan fingerprint density at radius 1 is 1.30 bits per heavy atom. The molecule has 128 valence electrons. The maximum absolute atomic E-state index is 10.9. The molecule has 2 fully saturated rings. The Kier molecular flexibility index (Phi) is 6.45. The molecule has 6 atom stereocenters. The number of halogens is 1. The molecular formula is C18H26ClNO3. The first-order valence-corrected chi connectivity index (χ1v) is 8.76. The number of hydrogen-bond acceptors (Lipinski definition) is 3. The number of hydrogen-bond donors (Lipinski definition) is 2. The van der Waals surface area contributed by atoms with Crippen LogP contribution in [0.25, 0.3) is 0 Å². The van der Waals surface area contributed by atoms with E-state index in [2.05, 4.69) is 24.8 Å². The monoisotopic (exact) mass is 339 g/mol. The highest BCUT2D eigenvalue weighted by atomic mass is 35.5. The van der Waals surface area contributed by atoms with E-state index < -0.39 is 18.0 Å². The van der Waals surface area contributed by atoms with Crippen LogP contribution in [-0.2, 0) is 4.79 Å². The van der Waals surface area contributed by atoms with Gasteiger partial charge in [0.2, 0.25) is 0 Å². The quantitative estimate of drug-likeness (QED) is 0.792. The predicted molar refractivity (Wildman–Crippen MR) is 87.3 cm³/mol. The Hall–Kier alpha value is -1.10. The first-order chi connectivity index (χ1) is 10.9. The lowest BCUT2D eigenvalue weighted by atomic mass is 9.72. The summed E-state index contributed by atoms with van der Waals surface area (Å²) in [5.41, 5.74) is 5.21. The van der Waals surface area contributed by atoms with E-state index in [-0.39, 0.29) is 23.6 Å². The van der Waals surface area contributed by atoms with Crippen molar-refractivity contribution in [2.45, 2.75) is 50.1 Å². The average molecular weight is 340 g/mol. The van der Waals surface area contributed by atoms with Crippen molar-refractivity contribution in [3.8, 4) is 0 Å². The summed E-state index contributed by atoms with van der Waals surface area (Å²) in [6.07, 6.45) is 2.46. The number of aliphatic carboxylic acids is 1. The van der Waals surface area contributed by atoms with Gasteiger partial charge in [-0.1, -0.05) is 36.8 Å². The fourth-order valence-electron chi connectivity index (χ4n) is 3.82. The zero-order valence-corrected chi connectivity index (χ0v) is 14.3. The predicted octanol–water partition coefficient (Wildman–Crippen LogP) is 1.13. The topological polar surface area (TPSA) is 88.0 Å². The Labute approximate surface area is 142 Å². The number of carboxylic acids is 1. The van der Waals surface area contributed by atoms with E-state index in [1.54, 1.807) is 0 Å². The molecule has 23 heavy (non-hydrogen) atoms. The van der Waals surface area contributed by atoms with Gasteiger partial charge in [-0.3, -0.25) is 0 Å². The molecule has 0 bridgehead atoms. The van der Waals surface area contributed by atoms with Gasteiger partial charge in [0.1, 0.15) is 6.04 Å². The van der Waals surface area contributed by atoms with Gasteiger partial charge in [-0.15, -0.1) is 11.6 Å². The van der Waals surface area contributed by atoms with Crippen molar-refractivity contribution in [2.75, 3.05) is 0 Å². The van der Waals surface area contributed by atoms with Crippen LogP contribution in [0.4, 0.5) is 0 Å². The minimum atomic E-state index is -1.02. The molecule has 2 aliphatic rings. The second-order valence-electron chi connectivity index (χ2n) is 6.74. The van der Waals surface area contributed by atoms with E-state index in [4.69, 9.17) is 11.6 Å². The molecule has 2 aliphatic carbocycles. The molecule has 0 aliphatic heterocycles. The Balaban J connectivity index is 0.000000185. The van der Waals surface area contributed by atoms with Crippen LogP contribution < -0.4 is 10.8 Å². The van der Waals surface area contributed by atoms with Crippen molar-refractivity contribution >= 4 is 17.6 Å². The minimum absolute atomic E-state index is 0.130. The highest BCUT2D eigenvalue weighted by Gasteiger charge is 2.45. The number of benzene rings is 1. The molecule has 0 aromatic heterocycles. The molecule has 0 spiro atoms. The number of rotatable bonds is 2. The molecule has 3 rings (SSSR count). The van der Waals surface area contributed by atoms with Gasteiger partial charge >= 0.3 is 0 Å². The smallest absolute Gasteiger partial charge is 0.107 e. The number of aliphatic hydroxyl groups excluding tert-OH is 1. The third kappa shape index (κ3) is 4.46. The highest BCUT2D eigenvalue weighted by molar-refractivity contribution is 6.21. The number of quaternary nitrogens is 1. The van der Waals surface area contributed by atoms with Crippen LogP contribution in [0.5, 0.6) is 0 Å². The van der Waals surface area contributed by atoms with E-state index in [1.165, 1.54) is 5.56 Å². The molecule has 2 saturated carbocycles. The van der Waals surface area contributed by atoms with E-state index in [0.717, 1.165) is 19.3 Å². The van der Waals surface area contributed by atoms with Gasteiger partial charge in [0.25, 0.3) is 0 Å². The molecule has 4 N–H and O–H groups in total. The molecule has 0 heterocycles. The largest absolute Gasteiger partial charge is 0.550 e. The van der Waals surface area contributed by atoms with Crippen LogP contribution in [-0.4, -0.2) is 22.6 Å². The van der Waals surface area contributed by atoms with Crippen LogP contribution in [0.3, 0.4) is 0 Å². The van der Waals surface area contributed by atoms with Crippen molar-refractivity contribution in [3.63, 3.8) is 0 Å². The lowest BCUT2D eigenvalue weighted by Gasteiger charge is -2.40. The van der Waals surface area contributed by atoms with Crippen LogP contribution in [0.15, 0.2) is 30.3 Å². The summed E-state index contributed by atoms with van der Waals surface area (Å²) < 4.78 is 0. The third-order valence-electron chi connectivity index (χ3n) is 5.09. The number of aliphatic hydroxyl groups is 1. The Morgan fingerprint density at radius 2 is 1.91 bits per heavy atom. The normalized spacial score (nSPS) is 34.0. The number of fused-ring (bicyclic) bond motifs is 1. The second kappa shape index (κ2) is 8.13. The van der Waals surface area contributed by atoms with E-state index >= 15 is 0 Å². The number of alkyl halides is 1. The number of carboxylic acid groups (broad SMARTS) is 1. The maximum Gasteiger partial charge on any atom is 0.107 e. The van der Waals surface area contributed by atoms with Crippen LogP contribution in [0, 0.1) is 17.8 Å². The summed E-state index contributed by atoms with van der Waals surface area (Å²) in [4.78, 5) is 10.9. The summed E-state index contributed by atoms with van der Waals surface area (Å²) in [7, 11) is 0. The lowest BCUT2D eigenvalue weighted by molar-refractivity contribution is -0.420. The van der Waals surface area contributed by atoms with Crippen molar-refractivity contribution < 1.29 is 20.7 Å². The third-order valence-corrected chi connectivity index (χ3v) is 5.70. The molecule has 4 nitrogen and oxygen atoms in total. The van der Waals surface area contributed by atoms with Crippen molar-refractivity contribution in [2.24, 2.45) is 17.8 Å². The standard InChI is InChI=1S/C10H15ClO3.C8H11N/c11-9-6-3-1-2-5(6)7(10(13)14)4-8(9)12;1-7(9)8-5-3-2-4-6-8/h5-9,12H,1-4H2,(H,13,14);2-7H,9H2,1H3/t5-,6-,7-,8-,9-;7-/m11/s1. The summed E-state index contributed by atoms with van der Waals surface area (Å²) in [5.74, 6) is -1.22. The Bertz CT molecular complexity index is 508. The molecular weight excluding hydrogens is 314 g/mol. The second-order valence-corrected chi connectivity index (χ2v) is 7.25. The fourth-order valence-corrected chi connectivity index (χ4v) is 4.23. The maximum atomic E-state index is 10.9. The summed E-state index contributed by atoms with van der Waals surface area (Å²) >= 11 is 6.07. The van der Waals surface area contributed by atoms with Gasteiger partial charge in [0.15, 0.2) is 0 Å². The van der Waals surface area contributed by atoms with Crippen molar-refractivity contribution in [3.05, 3.63) is 35.9 Å². The van der Waals surface area contributed by atoms with Gasteiger partial charge < -0.3 is 20.7 Å². The van der Waals surface area contributed by atoms with E-state index in [1.807, 2.05) is 18.2 Å². The van der Waals surface area contributed by atoms with E-state index in [9.17, 15) is 15.0 Å². The molecule has 1 aromatic carbocycles. The van der Waals surface area contributed by atoms with Gasteiger partial charge in [-0.25, -0.2) is 0 Å². The van der Waals surface area contributed by atoms with Crippen LogP contribution in [0.2, 0.25) is 0 Å². The zero-order chi connectivity index (χ0) is 17.0. The van der Waals surface area contributed by atoms with Gasteiger partial charge in [-0.05, 0) is 38.0 Å². The lowest BCUT2D eigenvalue weighted by Crippen LogP contribution is -2.51. The first-order valence-electron chi connectivity index (χ1n) is 8.32. The summed E-state index contributed by atoms with van der Waals surface area (Å²) in [5, 5.41) is 20.2. The van der Waals surface area contributed by atoms with Gasteiger partial charge in [0.05, 0.1) is 11.5 Å². The summed E-state index contributed by atoms with van der Waals surface area (Å²) in [6, 6.07) is 10.7. The first kappa shape index (κ1) is 18.2. The molecule has 0 radical (unpaired) electrons. The van der Waals surface area contributed by atoms with Crippen molar-refractivity contribution in [1.29, 1.82) is 0 Å². The van der Waals surface area contributed by atoms with Crippen LogP contribution in [0.1, 0.15) is 44.2 Å². The SMILES string of the molecule is C[C@@H]([NH3+])c1ccccc1.O=C([O-])[C@@H]1C[C@@H](O)[C@H](Cl)[C@@H]2CCC[C@H]21. The van der Waals surface area contributed by atoms with Crippen molar-refractivity contribution in [1.82, 2.24) is 0 Å². The number of carbonyl (C=O) groups excluding carboxylic acids is 1. The molecule has 1 aromatic rings. The molecule has 0 saturated heterocycles. The molecule has 0 unspecified atom stereocenters. The van der Waals surface area contributed by atoms with E-state index in [0.29, 0.717) is 6.04 Å². The number of carbonyl (C=O) groups is 1.